The summed E-state index contributed by atoms with van der Waals surface area (Å²) in [6.07, 6.45) is 6.10. The molecule has 8 rings (SSSR count). The van der Waals surface area contributed by atoms with Crippen molar-refractivity contribution in [3.05, 3.63) is 63.8 Å². The average molecular weight is 645 g/mol. The Hall–Kier alpha value is -3.69. The van der Waals surface area contributed by atoms with E-state index in [1.165, 1.54) is 13.0 Å². The van der Waals surface area contributed by atoms with Crippen LogP contribution in [0.4, 0.5) is 0 Å². The molecule has 1 saturated heterocycles. The maximum absolute atomic E-state index is 15.0. The first-order chi connectivity index (χ1) is 21.9. The summed E-state index contributed by atoms with van der Waals surface area (Å²) in [5.74, 6) is -3.32. The molecule has 3 aliphatic heterocycles. The van der Waals surface area contributed by atoms with Crippen LogP contribution in [0.2, 0.25) is 0 Å². The highest BCUT2D eigenvalue weighted by Gasteiger charge is 2.81. The number of carboxylic acids is 1. The number of phenolic OH excluding ortho intramolecular Hbond substituents is 1. The Labute approximate surface area is 275 Å². The zero-order chi connectivity index (χ0) is 34.2. The lowest BCUT2D eigenvalue weighted by Crippen LogP contribution is -2.72. The van der Waals surface area contributed by atoms with Gasteiger partial charge in [0.2, 0.25) is 0 Å². The Morgan fingerprint density at radius 3 is 2.43 bits per heavy atom. The first-order valence-corrected chi connectivity index (χ1v) is 16.6. The highest BCUT2D eigenvalue weighted by Crippen LogP contribution is 2.69. The number of ketones is 2. The van der Waals surface area contributed by atoms with Crippen molar-refractivity contribution >= 4 is 17.5 Å². The summed E-state index contributed by atoms with van der Waals surface area (Å²) in [5.41, 5.74) is -1.93. The highest BCUT2D eigenvalue weighted by molar-refractivity contribution is 6.18. The van der Waals surface area contributed by atoms with Crippen LogP contribution in [0.1, 0.15) is 102 Å². The molecular weight excluding hydrogens is 600 g/mol. The van der Waals surface area contributed by atoms with Crippen molar-refractivity contribution in [2.45, 2.75) is 115 Å². The quantitative estimate of drug-likeness (QED) is 0.255. The van der Waals surface area contributed by atoms with Crippen molar-refractivity contribution in [3.63, 3.8) is 0 Å². The molecule has 8 atom stereocenters. The minimum Gasteiger partial charge on any atom is -0.507 e. The first-order valence-electron chi connectivity index (χ1n) is 16.6. The number of phenols is 1. The molecule has 1 spiro atoms. The molecule has 7 aliphatic rings. The van der Waals surface area contributed by atoms with Crippen molar-refractivity contribution in [1.29, 1.82) is 0 Å². The third-order valence-corrected chi connectivity index (χ3v) is 12.0. The van der Waals surface area contributed by atoms with Gasteiger partial charge >= 0.3 is 5.97 Å². The fourth-order valence-electron chi connectivity index (χ4n) is 9.64. The number of aliphatic hydroxyl groups excluding tert-OH is 1. The van der Waals surface area contributed by atoms with Crippen molar-refractivity contribution in [2.24, 2.45) is 17.8 Å². The normalized spacial score (nSPS) is 37.1. The van der Waals surface area contributed by atoms with Crippen LogP contribution in [0.3, 0.4) is 0 Å². The number of rotatable bonds is 6. The third-order valence-electron chi connectivity index (χ3n) is 12.0. The van der Waals surface area contributed by atoms with Crippen LogP contribution >= 0.6 is 0 Å². The van der Waals surface area contributed by atoms with E-state index in [-0.39, 0.29) is 46.3 Å². The van der Waals surface area contributed by atoms with Gasteiger partial charge in [-0.1, -0.05) is 36.0 Å². The lowest BCUT2D eigenvalue weighted by Gasteiger charge is -2.57. The van der Waals surface area contributed by atoms with Crippen LogP contribution in [0.15, 0.2) is 47.1 Å². The van der Waals surface area contributed by atoms with Gasteiger partial charge in [0.1, 0.15) is 34.5 Å². The topological polar surface area (TPSA) is 140 Å². The SMILES string of the molecule is C=C(C)C1CCC2(C)Oc3c(CC=C(C)C)c4c(c(O)c3C1C2O)C(=O)C1=C[C@@H]2CC3C(C)(C)O[C@@](C/C=C(/C)C(=O)O)(C2=O)[C@@]13O4. The van der Waals surface area contributed by atoms with Crippen LogP contribution in [0, 0.1) is 17.8 Å². The number of carbonyl (C=O) groups excluding carboxylic acids is 2. The minimum absolute atomic E-state index is 0.00663. The predicted octanol–water partition coefficient (Wildman–Crippen LogP) is 5.91. The minimum atomic E-state index is -1.66. The molecule has 1 aromatic carbocycles. The molecule has 47 heavy (non-hydrogen) atoms. The summed E-state index contributed by atoms with van der Waals surface area (Å²) < 4.78 is 20.6. The summed E-state index contributed by atoms with van der Waals surface area (Å²) in [7, 11) is 0. The molecule has 5 unspecified atom stereocenters. The molecule has 3 N–H and O–H groups in total. The number of carbonyl (C=O) groups is 3. The van der Waals surface area contributed by atoms with Gasteiger partial charge in [0.15, 0.2) is 22.8 Å². The molecule has 6 bridgehead atoms. The van der Waals surface area contributed by atoms with E-state index in [1.807, 2.05) is 47.6 Å². The van der Waals surface area contributed by atoms with Gasteiger partial charge in [-0.25, -0.2) is 4.79 Å². The first kappa shape index (κ1) is 31.9. The number of ether oxygens (including phenoxy) is 3. The Bertz CT molecular complexity index is 1770. The van der Waals surface area contributed by atoms with E-state index in [1.54, 1.807) is 6.08 Å². The molecule has 3 fully saturated rings. The summed E-state index contributed by atoms with van der Waals surface area (Å²) in [6, 6.07) is 0. The molecule has 2 saturated carbocycles. The van der Waals surface area contributed by atoms with Gasteiger partial charge in [0.25, 0.3) is 0 Å². The van der Waals surface area contributed by atoms with Gasteiger partial charge in [-0.2, -0.15) is 0 Å². The van der Waals surface area contributed by atoms with E-state index in [0.29, 0.717) is 42.6 Å². The second-order valence-corrected chi connectivity index (χ2v) is 15.6. The molecule has 250 valence electrons. The van der Waals surface area contributed by atoms with E-state index in [0.717, 1.165) is 11.1 Å². The Balaban J connectivity index is 1.53. The number of benzene rings is 1. The van der Waals surface area contributed by atoms with Crippen molar-refractivity contribution in [3.8, 4) is 17.2 Å². The molecule has 9 nitrogen and oxygen atoms in total. The summed E-state index contributed by atoms with van der Waals surface area (Å²) in [4.78, 5) is 41.1. The number of aliphatic hydroxyl groups is 1. The Morgan fingerprint density at radius 2 is 1.79 bits per heavy atom. The number of allylic oxidation sites excluding steroid dienone is 4. The van der Waals surface area contributed by atoms with Crippen LogP contribution in [-0.2, 0) is 20.7 Å². The Kier molecular flexibility index (Phi) is 6.73. The fraction of sp³-hybridized carbons (Fsp3) is 0.553. The number of hydrogen-bond donors (Lipinski definition) is 3. The molecule has 0 aromatic heterocycles. The van der Waals surface area contributed by atoms with Gasteiger partial charge in [-0.15, -0.1) is 0 Å². The monoisotopic (exact) mass is 644 g/mol. The molecule has 3 heterocycles. The van der Waals surface area contributed by atoms with Crippen molar-refractivity contribution in [1.82, 2.24) is 0 Å². The smallest absolute Gasteiger partial charge is 0.330 e. The van der Waals surface area contributed by atoms with E-state index in [9.17, 15) is 29.7 Å². The molecule has 1 aromatic rings. The van der Waals surface area contributed by atoms with Gasteiger partial charge < -0.3 is 29.5 Å². The number of carboxylic acid groups (broad SMARTS) is 1. The molecular formula is C38H44O9. The van der Waals surface area contributed by atoms with Crippen LogP contribution in [-0.4, -0.2) is 61.4 Å². The van der Waals surface area contributed by atoms with E-state index in [2.05, 4.69) is 6.58 Å². The average Bonchev–Trinajstić information content (AvgIpc) is 3.13. The standard InChI is InChI=1S/C38H44O9/c1-17(2)9-10-22-30-26(25-21(18(3)4)12-13-36(8,45-30)33(25)42)29(40)27-28(39)23-15-20-16-24-35(6,7)47-37(32(20)41,14-11-19(5)34(43)44)38(23,24)46-31(22)27/h9,11,15,20-21,24-25,33,40,42H,3,10,12-14,16H2,1-2,4-8H3,(H,43,44)/b19-11-/t20-,21?,24?,25?,33?,36?,37+,38-/m1/s1. The number of aliphatic carboxylic acids is 1. The van der Waals surface area contributed by atoms with Crippen LogP contribution in [0.5, 0.6) is 17.2 Å². The largest absolute Gasteiger partial charge is 0.507 e. The lowest BCUT2D eigenvalue weighted by atomic mass is 9.51. The number of Topliss-reactive ketones (excluding diaryl/α,β-unsaturated/α-hetero) is 2. The zero-order valence-electron chi connectivity index (χ0n) is 28.2. The van der Waals surface area contributed by atoms with Crippen LogP contribution < -0.4 is 9.47 Å². The predicted molar refractivity (Wildman–Crippen MR) is 173 cm³/mol. The third kappa shape index (κ3) is 3.93. The van der Waals surface area contributed by atoms with E-state index in [4.69, 9.17) is 14.2 Å². The summed E-state index contributed by atoms with van der Waals surface area (Å²) >= 11 is 0. The van der Waals surface area contributed by atoms with Gasteiger partial charge in [-0.05, 0) is 80.1 Å². The summed E-state index contributed by atoms with van der Waals surface area (Å²) in [6.45, 7) is 17.2. The number of hydrogen-bond acceptors (Lipinski definition) is 8. The van der Waals surface area contributed by atoms with E-state index < -0.39 is 58.0 Å². The van der Waals surface area contributed by atoms with Gasteiger partial charge in [0.05, 0.1) is 5.60 Å². The van der Waals surface area contributed by atoms with Gasteiger partial charge in [-0.3, -0.25) is 9.59 Å². The lowest BCUT2D eigenvalue weighted by molar-refractivity contribution is -0.171. The van der Waals surface area contributed by atoms with Crippen molar-refractivity contribution < 1.29 is 43.9 Å². The second-order valence-electron chi connectivity index (χ2n) is 15.6. The highest BCUT2D eigenvalue weighted by atomic mass is 16.6. The fourth-order valence-corrected chi connectivity index (χ4v) is 9.64. The van der Waals surface area contributed by atoms with Gasteiger partial charge in [0, 0.05) is 46.4 Å². The van der Waals surface area contributed by atoms with E-state index >= 15 is 0 Å². The number of fused-ring (bicyclic) bond motifs is 5. The molecule has 0 amide bonds. The Morgan fingerprint density at radius 1 is 1.09 bits per heavy atom. The second kappa shape index (κ2) is 9.92. The molecule has 4 aliphatic carbocycles. The number of aromatic hydroxyl groups is 1. The van der Waals surface area contributed by atoms with Crippen molar-refractivity contribution in [2.75, 3.05) is 0 Å². The molecule has 0 radical (unpaired) electrons. The maximum atomic E-state index is 15.0. The van der Waals surface area contributed by atoms with Crippen LogP contribution in [0.25, 0.3) is 0 Å². The molecule has 9 heteroatoms. The zero-order valence-corrected chi connectivity index (χ0v) is 28.2. The maximum Gasteiger partial charge on any atom is 0.330 e. The summed E-state index contributed by atoms with van der Waals surface area (Å²) in [5, 5.41) is 33.6.